The third-order valence-corrected chi connectivity index (χ3v) is 5.92. The summed E-state index contributed by atoms with van der Waals surface area (Å²) in [6, 6.07) is 10.8. The fourth-order valence-electron chi connectivity index (χ4n) is 4.08. The molecule has 3 aromatic rings. The van der Waals surface area contributed by atoms with E-state index in [4.69, 9.17) is 5.73 Å². The number of halogens is 2. The van der Waals surface area contributed by atoms with Gasteiger partial charge in [-0.25, -0.2) is 8.78 Å². The van der Waals surface area contributed by atoms with E-state index in [-0.39, 0.29) is 42.0 Å². The molecule has 0 spiro atoms. The molecule has 1 aliphatic rings. The summed E-state index contributed by atoms with van der Waals surface area (Å²) in [6.45, 7) is -0.341. The molecule has 3 amide bonds. The van der Waals surface area contributed by atoms with E-state index < -0.39 is 35.4 Å². The number of nitrogens with one attached hydrogen (secondary N) is 2. The minimum absolute atomic E-state index is 0.0150. The summed E-state index contributed by atoms with van der Waals surface area (Å²) in [6.07, 6.45) is 0.160. The van der Waals surface area contributed by atoms with Crippen molar-refractivity contribution in [3.8, 4) is 6.07 Å². The number of hydrogen-bond donors (Lipinski definition) is 3. The van der Waals surface area contributed by atoms with E-state index in [2.05, 4.69) is 10.3 Å². The summed E-state index contributed by atoms with van der Waals surface area (Å²) in [7, 11) is 1.38. The molecule has 180 valence electrons. The number of benzene rings is 2. The molecule has 0 aliphatic carbocycles. The van der Waals surface area contributed by atoms with Gasteiger partial charge in [-0.2, -0.15) is 5.26 Å². The molecule has 1 aromatic heterocycles. The number of anilines is 2. The molecule has 1 aliphatic heterocycles. The standard InChI is InChI=1S/C24H22F2N6O3/c1-31(24(35)21-9-18-19(26)7-14(25)8-20(18)30-21)12-22(33)32-11-13(6-17(32)10-27)23(34)29-16-4-2-15(28)3-5-16/h2-5,7-9,13,17,30H,6,11-12,28H2,1H3,(H,29,34). The molecule has 0 radical (unpaired) electrons. The van der Waals surface area contributed by atoms with Crippen molar-refractivity contribution >= 4 is 40.0 Å². The molecular weight excluding hydrogens is 458 g/mol. The number of aromatic nitrogens is 1. The first-order valence-electron chi connectivity index (χ1n) is 10.7. The molecule has 2 aromatic carbocycles. The van der Waals surface area contributed by atoms with Crippen LogP contribution in [-0.2, 0) is 9.59 Å². The Morgan fingerprint density at radius 3 is 2.63 bits per heavy atom. The first-order chi connectivity index (χ1) is 16.7. The van der Waals surface area contributed by atoms with Crippen LogP contribution in [0.25, 0.3) is 10.9 Å². The molecule has 0 bridgehead atoms. The van der Waals surface area contributed by atoms with Crippen molar-refractivity contribution in [3.63, 3.8) is 0 Å². The highest BCUT2D eigenvalue weighted by Gasteiger charge is 2.39. The van der Waals surface area contributed by atoms with Gasteiger partial charge in [-0.05, 0) is 42.8 Å². The maximum absolute atomic E-state index is 14.0. The van der Waals surface area contributed by atoms with Crippen molar-refractivity contribution in [1.82, 2.24) is 14.8 Å². The number of fused-ring (bicyclic) bond motifs is 1. The van der Waals surface area contributed by atoms with Crippen LogP contribution < -0.4 is 11.1 Å². The van der Waals surface area contributed by atoms with Gasteiger partial charge in [0.25, 0.3) is 5.91 Å². The number of carbonyl (C=O) groups excluding carboxylic acids is 3. The van der Waals surface area contributed by atoms with Crippen LogP contribution in [0.3, 0.4) is 0 Å². The maximum atomic E-state index is 14.0. The Morgan fingerprint density at radius 2 is 1.94 bits per heavy atom. The van der Waals surface area contributed by atoms with Crippen LogP contribution in [0, 0.1) is 28.9 Å². The van der Waals surface area contributed by atoms with Gasteiger partial charge in [0.2, 0.25) is 11.8 Å². The van der Waals surface area contributed by atoms with Gasteiger partial charge in [0.15, 0.2) is 0 Å². The Balaban J connectivity index is 1.41. The van der Waals surface area contributed by atoms with Gasteiger partial charge >= 0.3 is 0 Å². The molecule has 2 unspecified atom stereocenters. The van der Waals surface area contributed by atoms with Gasteiger partial charge < -0.3 is 25.8 Å². The Hall–Kier alpha value is -4.46. The second-order valence-electron chi connectivity index (χ2n) is 8.43. The first kappa shape index (κ1) is 23.7. The van der Waals surface area contributed by atoms with Crippen molar-refractivity contribution in [2.24, 2.45) is 5.92 Å². The Labute approximate surface area is 199 Å². The number of rotatable bonds is 5. The smallest absolute Gasteiger partial charge is 0.270 e. The van der Waals surface area contributed by atoms with Gasteiger partial charge in [0.05, 0.1) is 24.0 Å². The molecular formula is C24H22F2N6O3. The number of nitrogens with two attached hydrogens (primary N) is 1. The van der Waals surface area contributed by atoms with E-state index in [9.17, 15) is 28.4 Å². The normalized spacial score (nSPS) is 17.3. The number of nitriles is 1. The maximum Gasteiger partial charge on any atom is 0.270 e. The number of hydrogen-bond acceptors (Lipinski definition) is 5. The molecule has 9 nitrogen and oxygen atoms in total. The highest BCUT2D eigenvalue weighted by Crippen LogP contribution is 2.26. The summed E-state index contributed by atoms with van der Waals surface area (Å²) in [5, 5.41) is 12.3. The lowest BCUT2D eigenvalue weighted by Gasteiger charge is -2.23. The second-order valence-corrected chi connectivity index (χ2v) is 8.43. The van der Waals surface area contributed by atoms with Gasteiger partial charge in [-0.15, -0.1) is 0 Å². The number of nitrogen functional groups attached to an aromatic ring is 1. The lowest BCUT2D eigenvalue weighted by Crippen LogP contribution is -2.43. The minimum Gasteiger partial charge on any atom is -0.399 e. The van der Waals surface area contributed by atoms with Crippen LogP contribution in [0.15, 0.2) is 42.5 Å². The zero-order chi connectivity index (χ0) is 25.3. The molecule has 2 heterocycles. The first-order valence-corrected chi connectivity index (χ1v) is 10.7. The second kappa shape index (κ2) is 9.42. The molecule has 1 fully saturated rings. The van der Waals surface area contributed by atoms with Crippen molar-refractivity contribution in [3.05, 3.63) is 59.8 Å². The van der Waals surface area contributed by atoms with Gasteiger partial charge in [0, 0.05) is 36.4 Å². The van der Waals surface area contributed by atoms with E-state index in [1.54, 1.807) is 24.3 Å². The fourth-order valence-corrected chi connectivity index (χ4v) is 4.08. The van der Waals surface area contributed by atoms with Crippen molar-refractivity contribution in [1.29, 1.82) is 5.26 Å². The van der Waals surface area contributed by atoms with Crippen LogP contribution in [-0.4, -0.2) is 58.7 Å². The van der Waals surface area contributed by atoms with E-state index in [1.807, 2.05) is 6.07 Å². The number of amides is 3. The quantitative estimate of drug-likeness (QED) is 0.482. The molecule has 4 N–H and O–H groups in total. The topological polar surface area (TPSA) is 135 Å². The third kappa shape index (κ3) is 4.91. The minimum atomic E-state index is -0.821. The van der Waals surface area contributed by atoms with Crippen molar-refractivity contribution in [2.45, 2.75) is 12.5 Å². The number of likely N-dealkylation sites (N-methyl/N-ethyl adjacent to an activating group) is 1. The molecule has 4 rings (SSSR count). The summed E-state index contributed by atoms with van der Waals surface area (Å²) in [5.74, 6) is -3.66. The Bertz CT molecular complexity index is 1350. The molecule has 2 atom stereocenters. The SMILES string of the molecule is CN(CC(=O)N1CC(C(=O)Nc2ccc(N)cc2)CC1C#N)C(=O)c1cc2c(F)cc(F)cc2[nH]1. The zero-order valence-electron chi connectivity index (χ0n) is 18.7. The predicted octanol–water partition coefficient (Wildman–Crippen LogP) is 2.48. The summed E-state index contributed by atoms with van der Waals surface area (Å²) >= 11 is 0. The van der Waals surface area contributed by atoms with Crippen LogP contribution in [0.5, 0.6) is 0 Å². The van der Waals surface area contributed by atoms with E-state index >= 15 is 0 Å². The van der Waals surface area contributed by atoms with Crippen molar-refractivity contribution < 1.29 is 23.2 Å². The number of carbonyl (C=O) groups is 3. The van der Waals surface area contributed by atoms with E-state index in [0.717, 1.165) is 11.0 Å². The Kier molecular flexibility index (Phi) is 6.38. The number of likely N-dealkylation sites (tertiary alicyclic amines) is 1. The molecule has 1 saturated heterocycles. The van der Waals surface area contributed by atoms with Crippen LogP contribution >= 0.6 is 0 Å². The Morgan fingerprint density at radius 1 is 1.23 bits per heavy atom. The number of nitrogens with zero attached hydrogens (tertiary/aromatic N) is 3. The van der Waals surface area contributed by atoms with Gasteiger partial charge in [-0.3, -0.25) is 14.4 Å². The van der Waals surface area contributed by atoms with E-state index in [1.165, 1.54) is 18.0 Å². The van der Waals surface area contributed by atoms with Crippen molar-refractivity contribution in [2.75, 3.05) is 31.2 Å². The largest absolute Gasteiger partial charge is 0.399 e. The number of H-pyrrole nitrogens is 1. The van der Waals surface area contributed by atoms with Crippen LogP contribution in [0.4, 0.5) is 20.2 Å². The zero-order valence-corrected chi connectivity index (χ0v) is 18.7. The number of aromatic amines is 1. The van der Waals surface area contributed by atoms with Gasteiger partial charge in [-0.1, -0.05) is 0 Å². The summed E-state index contributed by atoms with van der Waals surface area (Å²) in [4.78, 5) is 43.4. The van der Waals surface area contributed by atoms with E-state index in [0.29, 0.717) is 17.4 Å². The van der Waals surface area contributed by atoms with Crippen LogP contribution in [0.2, 0.25) is 0 Å². The average Bonchev–Trinajstić information content (AvgIpc) is 3.44. The average molecular weight is 480 g/mol. The molecule has 35 heavy (non-hydrogen) atoms. The highest BCUT2D eigenvalue weighted by atomic mass is 19.1. The monoisotopic (exact) mass is 480 g/mol. The lowest BCUT2D eigenvalue weighted by molar-refractivity contribution is -0.131. The predicted molar refractivity (Wildman–Crippen MR) is 124 cm³/mol. The fraction of sp³-hybridized carbons (Fsp3) is 0.250. The third-order valence-electron chi connectivity index (χ3n) is 5.92. The highest BCUT2D eigenvalue weighted by molar-refractivity contribution is 6.00. The summed E-state index contributed by atoms with van der Waals surface area (Å²) in [5.41, 5.74) is 6.84. The van der Waals surface area contributed by atoms with Crippen LogP contribution in [0.1, 0.15) is 16.9 Å². The molecule has 11 heteroatoms. The molecule has 0 saturated carbocycles. The van der Waals surface area contributed by atoms with Gasteiger partial charge in [0.1, 0.15) is 23.4 Å². The summed E-state index contributed by atoms with van der Waals surface area (Å²) < 4.78 is 27.4. The lowest BCUT2D eigenvalue weighted by atomic mass is 10.1.